The Labute approximate surface area is 97.5 Å². The molecule has 0 radical (unpaired) electrons. The van der Waals surface area contributed by atoms with Gasteiger partial charge in [0.25, 0.3) is 0 Å². The number of aliphatic hydroxyl groups is 1. The quantitative estimate of drug-likeness (QED) is 0.820. The van der Waals surface area contributed by atoms with E-state index in [0.29, 0.717) is 11.8 Å². The van der Waals surface area contributed by atoms with Gasteiger partial charge in [0.2, 0.25) is 0 Å². The fourth-order valence-corrected chi connectivity index (χ4v) is 2.86. The van der Waals surface area contributed by atoms with E-state index in [9.17, 15) is 5.11 Å². The van der Waals surface area contributed by atoms with Gasteiger partial charge in [0.1, 0.15) is 0 Å². The maximum Gasteiger partial charge on any atom is 0.0462 e. The van der Waals surface area contributed by atoms with Crippen molar-refractivity contribution in [2.75, 3.05) is 6.61 Å². The van der Waals surface area contributed by atoms with Crippen molar-refractivity contribution in [3.8, 4) is 0 Å². The van der Waals surface area contributed by atoms with Gasteiger partial charge in [-0.05, 0) is 30.2 Å². The van der Waals surface area contributed by atoms with E-state index in [1.807, 2.05) is 18.2 Å². The van der Waals surface area contributed by atoms with Gasteiger partial charge in [-0.25, -0.2) is 0 Å². The van der Waals surface area contributed by atoms with Crippen molar-refractivity contribution >= 4 is 0 Å². The SMILES string of the molecule is NC(c1ccccc1)C1CCCCC1CO. The lowest BCUT2D eigenvalue weighted by Gasteiger charge is -2.34. The van der Waals surface area contributed by atoms with Crippen molar-refractivity contribution in [1.82, 2.24) is 0 Å². The number of rotatable bonds is 3. The van der Waals surface area contributed by atoms with Crippen LogP contribution in [0.4, 0.5) is 0 Å². The van der Waals surface area contributed by atoms with E-state index < -0.39 is 0 Å². The second-order valence-corrected chi connectivity index (χ2v) is 4.83. The van der Waals surface area contributed by atoms with Crippen LogP contribution in [0.1, 0.15) is 37.3 Å². The molecule has 0 aromatic heterocycles. The number of benzene rings is 1. The lowest BCUT2D eigenvalue weighted by atomic mass is 9.74. The van der Waals surface area contributed by atoms with Crippen molar-refractivity contribution < 1.29 is 5.11 Å². The van der Waals surface area contributed by atoms with Crippen molar-refractivity contribution in [2.45, 2.75) is 31.7 Å². The third-order valence-corrected chi connectivity index (χ3v) is 3.85. The van der Waals surface area contributed by atoms with Gasteiger partial charge in [0.15, 0.2) is 0 Å². The molecule has 3 N–H and O–H groups in total. The van der Waals surface area contributed by atoms with Crippen LogP contribution in [0.15, 0.2) is 30.3 Å². The first-order chi connectivity index (χ1) is 7.83. The summed E-state index contributed by atoms with van der Waals surface area (Å²) in [6.45, 7) is 0.283. The Balaban J connectivity index is 2.10. The van der Waals surface area contributed by atoms with Crippen LogP contribution in [-0.2, 0) is 0 Å². The zero-order valence-corrected chi connectivity index (χ0v) is 9.68. The molecule has 3 unspecified atom stereocenters. The van der Waals surface area contributed by atoms with E-state index in [1.165, 1.54) is 18.4 Å². The number of aliphatic hydroxyl groups excluding tert-OH is 1. The van der Waals surface area contributed by atoms with Gasteiger partial charge < -0.3 is 10.8 Å². The summed E-state index contributed by atoms with van der Waals surface area (Å²) >= 11 is 0. The van der Waals surface area contributed by atoms with Crippen LogP contribution in [0.3, 0.4) is 0 Å². The lowest BCUT2D eigenvalue weighted by Crippen LogP contribution is -2.32. The molecule has 2 heteroatoms. The summed E-state index contributed by atoms with van der Waals surface area (Å²) in [5, 5.41) is 9.40. The number of hydrogen-bond donors (Lipinski definition) is 2. The van der Waals surface area contributed by atoms with E-state index in [4.69, 9.17) is 5.73 Å². The molecule has 0 saturated heterocycles. The van der Waals surface area contributed by atoms with Crippen LogP contribution in [0, 0.1) is 11.8 Å². The summed E-state index contributed by atoms with van der Waals surface area (Å²) in [6.07, 6.45) is 4.77. The van der Waals surface area contributed by atoms with Crippen LogP contribution in [0.2, 0.25) is 0 Å². The maximum absolute atomic E-state index is 9.40. The smallest absolute Gasteiger partial charge is 0.0462 e. The predicted molar refractivity (Wildman–Crippen MR) is 65.9 cm³/mol. The topological polar surface area (TPSA) is 46.2 Å². The van der Waals surface area contributed by atoms with Gasteiger partial charge >= 0.3 is 0 Å². The van der Waals surface area contributed by atoms with E-state index in [0.717, 1.165) is 12.8 Å². The van der Waals surface area contributed by atoms with Crippen LogP contribution >= 0.6 is 0 Å². The Kier molecular flexibility index (Phi) is 3.97. The summed E-state index contributed by atoms with van der Waals surface area (Å²) in [4.78, 5) is 0. The highest BCUT2D eigenvalue weighted by Crippen LogP contribution is 2.37. The fourth-order valence-electron chi connectivity index (χ4n) is 2.86. The first-order valence-electron chi connectivity index (χ1n) is 6.24. The summed E-state index contributed by atoms with van der Waals surface area (Å²) < 4.78 is 0. The largest absolute Gasteiger partial charge is 0.396 e. The zero-order chi connectivity index (χ0) is 11.4. The first kappa shape index (κ1) is 11.6. The summed E-state index contributed by atoms with van der Waals surface area (Å²) in [7, 11) is 0. The van der Waals surface area contributed by atoms with Crippen molar-refractivity contribution in [1.29, 1.82) is 0 Å². The molecule has 2 rings (SSSR count). The molecule has 88 valence electrons. The molecular formula is C14H21NO. The zero-order valence-electron chi connectivity index (χ0n) is 9.68. The molecule has 3 atom stereocenters. The second-order valence-electron chi connectivity index (χ2n) is 4.83. The summed E-state index contributed by atoms with van der Waals surface area (Å²) in [6, 6.07) is 10.3. The van der Waals surface area contributed by atoms with E-state index in [1.54, 1.807) is 0 Å². The average molecular weight is 219 g/mol. The van der Waals surface area contributed by atoms with Gasteiger partial charge in [0.05, 0.1) is 0 Å². The molecule has 0 heterocycles. The maximum atomic E-state index is 9.40. The summed E-state index contributed by atoms with van der Waals surface area (Å²) in [5.74, 6) is 0.838. The van der Waals surface area contributed by atoms with E-state index in [2.05, 4.69) is 12.1 Å². The fraction of sp³-hybridized carbons (Fsp3) is 0.571. The first-order valence-corrected chi connectivity index (χ1v) is 6.24. The van der Waals surface area contributed by atoms with Crippen molar-refractivity contribution in [2.24, 2.45) is 17.6 Å². The molecule has 1 aromatic carbocycles. The van der Waals surface area contributed by atoms with Crippen molar-refractivity contribution in [3.05, 3.63) is 35.9 Å². The highest BCUT2D eigenvalue weighted by atomic mass is 16.3. The monoisotopic (exact) mass is 219 g/mol. The van der Waals surface area contributed by atoms with Crippen LogP contribution in [0.25, 0.3) is 0 Å². The van der Waals surface area contributed by atoms with E-state index in [-0.39, 0.29) is 12.6 Å². The van der Waals surface area contributed by atoms with E-state index >= 15 is 0 Å². The minimum absolute atomic E-state index is 0.0821. The molecule has 1 aliphatic carbocycles. The molecule has 0 amide bonds. The van der Waals surface area contributed by atoms with Gasteiger partial charge in [-0.3, -0.25) is 0 Å². The highest BCUT2D eigenvalue weighted by molar-refractivity contribution is 5.19. The van der Waals surface area contributed by atoms with Gasteiger partial charge in [-0.1, -0.05) is 43.2 Å². The Bertz CT molecular complexity index is 312. The molecule has 16 heavy (non-hydrogen) atoms. The molecule has 1 fully saturated rings. The number of nitrogens with two attached hydrogens (primary N) is 1. The molecule has 0 aliphatic heterocycles. The Morgan fingerprint density at radius 3 is 2.56 bits per heavy atom. The van der Waals surface area contributed by atoms with Gasteiger partial charge in [0, 0.05) is 12.6 Å². The second kappa shape index (κ2) is 5.46. The molecule has 0 bridgehead atoms. The minimum Gasteiger partial charge on any atom is -0.396 e. The van der Waals surface area contributed by atoms with Gasteiger partial charge in [-0.15, -0.1) is 0 Å². The van der Waals surface area contributed by atoms with Crippen LogP contribution < -0.4 is 5.73 Å². The average Bonchev–Trinajstić information content (AvgIpc) is 2.39. The predicted octanol–water partition coefficient (Wildman–Crippen LogP) is 2.49. The molecule has 2 nitrogen and oxygen atoms in total. The third-order valence-electron chi connectivity index (χ3n) is 3.85. The Morgan fingerprint density at radius 2 is 1.88 bits per heavy atom. The van der Waals surface area contributed by atoms with Crippen LogP contribution in [0.5, 0.6) is 0 Å². The minimum atomic E-state index is 0.0821. The molecule has 1 aromatic rings. The Hall–Kier alpha value is -0.860. The van der Waals surface area contributed by atoms with Crippen LogP contribution in [-0.4, -0.2) is 11.7 Å². The van der Waals surface area contributed by atoms with Crippen molar-refractivity contribution in [3.63, 3.8) is 0 Å². The molecular weight excluding hydrogens is 198 g/mol. The highest BCUT2D eigenvalue weighted by Gasteiger charge is 2.29. The molecule has 1 aliphatic rings. The molecule has 1 saturated carbocycles. The normalized spacial score (nSPS) is 27.6. The molecule has 0 spiro atoms. The standard InChI is InChI=1S/C14H21NO/c15-14(11-6-2-1-3-7-11)13-9-5-4-8-12(13)10-16/h1-3,6-7,12-14,16H,4-5,8-10,15H2. The third kappa shape index (κ3) is 2.45. The van der Waals surface area contributed by atoms with Gasteiger partial charge in [-0.2, -0.15) is 0 Å². The number of hydrogen-bond acceptors (Lipinski definition) is 2. The Morgan fingerprint density at radius 1 is 1.19 bits per heavy atom. The summed E-state index contributed by atoms with van der Waals surface area (Å²) in [5.41, 5.74) is 7.53. The lowest BCUT2D eigenvalue weighted by molar-refractivity contribution is 0.118.